The Balaban J connectivity index is 2.92. The highest BCUT2D eigenvalue weighted by Crippen LogP contribution is 2.18. The van der Waals surface area contributed by atoms with Crippen molar-refractivity contribution in [1.29, 1.82) is 0 Å². The Hall–Kier alpha value is -0.490. The molecule has 1 aromatic rings. The molecule has 0 unspecified atom stereocenters. The van der Waals surface area contributed by atoms with Crippen LogP contribution in [0.5, 0.6) is 0 Å². The van der Waals surface area contributed by atoms with E-state index in [2.05, 4.69) is 41.8 Å². The first-order chi connectivity index (χ1) is 6.79. The molecule has 0 aromatic carbocycles. The third-order valence-electron chi connectivity index (χ3n) is 1.29. The molecule has 0 saturated carbocycles. The Morgan fingerprint density at radius 3 is 2.47 bits per heavy atom. The van der Waals surface area contributed by atoms with E-state index in [4.69, 9.17) is 4.74 Å². The predicted molar refractivity (Wildman–Crippen MR) is 62.6 cm³/mol. The zero-order valence-electron chi connectivity index (χ0n) is 8.54. The summed E-state index contributed by atoms with van der Waals surface area (Å²) in [5.41, 5.74) is -0.362. The van der Waals surface area contributed by atoms with E-state index in [-0.39, 0.29) is 5.69 Å². The number of carbonyl (C=O) groups excluding carboxylic acids is 1. The second-order valence-corrected chi connectivity index (χ2v) is 5.40. The first-order valence-corrected chi connectivity index (χ1v) is 5.79. The molecule has 82 valence electrons. The van der Waals surface area contributed by atoms with Crippen molar-refractivity contribution in [1.82, 2.24) is 9.97 Å². The monoisotopic (exact) mass is 336 g/mol. The van der Waals surface area contributed by atoms with Gasteiger partial charge in [-0.15, -0.1) is 0 Å². The Morgan fingerprint density at radius 2 is 2.00 bits per heavy atom. The standard InChI is InChI=1S/C9H10Br2N2O2/c1-9(2,3)15-8(14)6-7(11)13-5(10)4-12-6/h4H,1-3H3. The van der Waals surface area contributed by atoms with Gasteiger partial charge in [-0.3, -0.25) is 0 Å². The van der Waals surface area contributed by atoms with Gasteiger partial charge in [-0.2, -0.15) is 0 Å². The fraction of sp³-hybridized carbons (Fsp3) is 0.444. The van der Waals surface area contributed by atoms with E-state index >= 15 is 0 Å². The summed E-state index contributed by atoms with van der Waals surface area (Å²) in [5, 5.41) is 0. The maximum absolute atomic E-state index is 11.6. The van der Waals surface area contributed by atoms with E-state index in [1.807, 2.05) is 0 Å². The molecular formula is C9H10Br2N2O2. The van der Waals surface area contributed by atoms with Crippen molar-refractivity contribution < 1.29 is 9.53 Å². The van der Waals surface area contributed by atoms with Crippen LogP contribution in [0.1, 0.15) is 31.3 Å². The van der Waals surface area contributed by atoms with Crippen LogP contribution in [-0.4, -0.2) is 21.5 Å². The van der Waals surface area contributed by atoms with Crippen LogP contribution < -0.4 is 0 Å². The first kappa shape index (κ1) is 12.6. The van der Waals surface area contributed by atoms with Gasteiger partial charge in [0.25, 0.3) is 0 Å². The molecule has 0 atom stereocenters. The highest BCUT2D eigenvalue weighted by molar-refractivity contribution is 9.11. The number of hydrogen-bond acceptors (Lipinski definition) is 4. The molecular weight excluding hydrogens is 328 g/mol. The average Bonchev–Trinajstić information content (AvgIpc) is 1.99. The third-order valence-corrected chi connectivity index (χ3v) is 2.23. The van der Waals surface area contributed by atoms with Crippen LogP contribution >= 0.6 is 31.9 Å². The largest absolute Gasteiger partial charge is 0.455 e. The van der Waals surface area contributed by atoms with Gasteiger partial charge in [-0.1, -0.05) is 0 Å². The molecule has 1 aromatic heterocycles. The van der Waals surface area contributed by atoms with Crippen LogP contribution in [0.25, 0.3) is 0 Å². The van der Waals surface area contributed by atoms with Crippen molar-refractivity contribution in [2.75, 3.05) is 0 Å². The second kappa shape index (κ2) is 4.57. The lowest BCUT2D eigenvalue weighted by Gasteiger charge is -2.19. The Bertz CT molecular complexity index is 388. The number of carbonyl (C=O) groups is 1. The molecule has 0 spiro atoms. The van der Waals surface area contributed by atoms with Gasteiger partial charge in [-0.25, -0.2) is 14.8 Å². The summed E-state index contributed by atoms with van der Waals surface area (Å²) in [6.07, 6.45) is 1.45. The molecule has 0 aliphatic carbocycles. The van der Waals surface area contributed by atoms with E-state index in [0.29, 0.717) is 9.21 Å². The number of hydrogen-bond donors (Lipinski definition) is 0. The van der Waals surface area contributed by atoms with Crippen molar-refractivity contribution in [2.24, 2.45) is 0 Å². The van der Waals surface area contributed by atoms with Crippen molar-refractivity contribution in [3.63, 3.8) is 0 Å². The van der Waals surface area contributed by atoms with Gasteiger partial charge in [0.15, 0.2) is 5.69 Å². The number of esters is 1. The van der Waals surface area contributed by atoms with E-state index in [9.17, 15) is 4.79 Å². The highest BCUT2D eigenvalue weighted by Gasteiger charge is 2.21. The maximum atomic E-state index is 11.6. The summed E-state index contributed by atoms with van der Waals surface area (Å²) < 4.78 is 6.08. The van der Waals surface area contributed by atoms with Crippen LogP contribution in [0.15, 0.2) is 15.4 Å². The van der Waals surface area contributed by atoms with E-state index in [1.54, 1.807) is 20.8 Å². The van der Waals surface area contributed by atoms with Gasteiger partial charge >= 0.3 is 5.97 Å². The summed E-state index contributed by atoms with van der Waals surface area (Å²) in [4.78, 5) is 19.5. The van der Waals surface area contributed by atoms with Gasteiger partial charge in [0.1, 0.15) is 14.8 Å². The Labute approximate surface area is 105 Å². The van der Waals surface area contributed by atoms with Gasteiger partial charge < -0.3 is 4.74 Å². The van der Waals surface area contributed by atoms with Gasteiger partial charge in [0, 0.05) is 0 Å². The van der Waals surface area contributed by atoms with E-state index in [1.165, 1.54) is 6.20 Å². The molecule has 1 rings (SSSR count). The van der Waals surface area contributed by atoms with Crippen molar-refractivity contribution in [3.8, 4) is 0 Å². The third kappa shape index (κ3) is 3.87. The molecule has 6 heteroatoms. The summed E-state index contributed by atoms with van der Waals surface area (Å²) in [7, 11) is 0. The van der Waals surface area contributed by atoms with Crippen molar-refractivity contribution >= 4 is 37.8 Å². The molecule has 0 aliphatic rings. The van der Waals surface area contributed by atoms with Crippen LogP contribution in [-0.2, 0) is 4.74 Å². The lowest BCUT2D eigenvalue weighted by Crippen LogP contribution is -2.24. The lowest BCUT2D eigenvalue weighted by molar-refractivity contribution is 0.00610. The van der Waals surface area contributed by atoms with Crippen LogP contribution in [0.2, 0.25) is 0 Å². The topological polar surface area (TPSA) is 52.1 Å². The molecule has 15 heavy (non-hydrogen) atoms. The zero-order valence-corrected chi connectivity index (χ0v) is 11.7. The number of nitrogens with zero attached hydrogens (tertiary/aromatic N) is 2. The van der Waals surface area contributed by atoms with Gasteiger partial charge in [0.2, 0.25) is 0 Å². The van der Waals surface area contributed by atoms with Crippen molar-refractivity contribution in [2.45, 2.75) is 26.4 Å². The number of rotatable bonds is 1. The molecule has 0 radical (unpaired) electrons. The molecule has 0 amide bonds. The molecule has 0 aliphatic heterocycles. The summed E-state index contributed by atoms with van der Waals surface area (Å²) in [6.45, 7) is 5.39. The number of halogens is 2. The normalized spacial score (nSPS) is 11.3. The van der Waals surface area contributed by atoms with Gasteiger partial charge in [0.05, 0.1) is 6.20 Å². The molecule has 0 N–H and O–H groups in total. The number of ether oxygens (including phenoxy) is 1. The average molecular weight is 338 g/mol. The minimum Gasteiger partial charge on any atom is -0.455 e. The zero-order chi connectivity index (χ0) is 11.6. The molecule has 1 heterocycles. The van der Waals surface area contributed by atoms with Gasteiger partial charge in [-0.05, 0) is 52.6 Å². The summed E-state index contributed by atoms with van der Waals surface area (Å²) in [6, 6.07) is 0. The molecule has 4 nitrogen and oxygen atoms in total. The maximum Gasteiger partial charge on any atom is 0.360 e. The van der Waals surface area contributed by atoms with Crippen LogP contribution in [0.4, 0.5) is 0 Å². The fourth-order valence-corrected chi connectivity index (χ4v) is 1.78. The molecule has 0 saturated heterocycles. The fourth-order valence-electron chi connectivity index (χ4n) is 0.810. The molecule has 0 fully saturated rings. The SMILES string of the molecule is CC(C)(C)OC(=O)c1ncc(Br)nc1Br. The Morgan fingerprint density at radius 1 is 1.40 bits per heavy atom. The lowest BCUT2D eigenvalue weighted by atomic mass is 10.2. The Kier molecular flexibility index (Phi) is 3.83. The smallest absolute Gasteiger partial charge is 0.360 e. The second-order valence-electron chi connectivity index (χ2n) is 3.83. The predicted octanol–water partition coefficient (Wildman–Crippen LogP) is 2.96. The minimum atomic E-state index is -0.536. The van der Waals surface area contributed by atoms with Crippen molar-refractivity contribution in [3.05, 3.63) is 21.1 Å². The minimum absolute atomic E-state index is 0.174. The number of aromatic nitrogens is 2. The quantitative estimate of drug-likeness (QED) is 0.739. The summed E-state index contributed by atoms with van der Waals surface area (Å²) >= 11 is 6.30. The first-order valence-electron chi connectivity index (χ1n) is 4.21. The van der Waals surface area contributed by atoms with E-state index in [0.717, 1.165) is 0 Å². The summed E-state index contributed by atoms with van der Waals surface area (Å²) in [5.74, 6) is -0.491. The van der Waals surface area contributed by atoms with Crippen LogP contribution in [0.3, 0.4) is 0 Å². The molecule has 0 bridgehead atoms. The van der Waals surface area contributed by atoms with Crippen LogP contribution in [0, 0.1) is 0 Å². The van der Waals surface area contributed by atoms with E-state index < -0.39 is 11.6 Å². The highest BCUT2D eigenvalue weighted by atomic mass is 79.9.